The Kier molecular flexibility index (Phi) is 3.14. The molecule has 2 heterocycles. The Morgan fingerprint density at radius 1 is 1.33 bits per heavy atom. The maximum Gasteiger partial charge on any atom is 0.317 e. The molecule has 15 heavy (non-hydrogen) atoms. The molecule has 0 saturated carbocycles. The van der Waals surface area contributed by atoms with E-state index in [4.69, 9.17) is 0 Å². The molecule has 0 bridgehead atoms. The number of fused-ring (bicyclic) bond motifs is 1. The van der Waals surface area contributed by atoms with Crippen LogP contribution in [0.2, 0.25) is 0 Å². The van der Waals surface area contributed by atoms with E-state index in [0.29, 0.717) is 6.04 Å². The molecule has 2 rings (SSSR count). The van der Waals surface area contributed by atoms with Crippen LogP contribution in [-0.2, 0) is 0 Å². The normalized spacial score (nSPS) is 31.1. The number of carbonyl (C=O) groups excluding carboxylic acids is 1. The van der Waals surface area contributed by atoms with Gasteiger partial charge in [-0.15, -0.1) is 0 Å². The summed E-state index contributed by atoms with van der Waals surface area (Å²) in [6.45, 7) is 2.42. The van der Waals surface area contributed by atoms with Gasteiger partial charge in [-0.05, 0) is 32.2 Å². The summed E-state index contributed by atoms with van der Waals surface area (Å²) < 4.78 is 0. The van der Waals surface area contributed by atoms with Crippen molar-refractivity contribution in [1.82, 2.24) is 15.1 Å². The van der Waals surface area contributed by atoms with E-state index in [2.05, 4.69) is 10.2 Å². The van der Waals surface area contributed by atoms with Gasteiger partial charge in [0.15, 0.2) is 0 Å². The fraction of sp³-hybridized carbons (Fsp3) is 0.909. The van der Waals surface area contributed by atoms with Gasteiger partial charge < -0.3 is 15.1 Å². The van der Waals surface area contributed by atoms with Crippen molar-refractivity contribution in [3.05, 3.63) is 0 Å². The SMILES string of the molecule is CN(C)C(=O)NC1CCN2CCCC2C1. The number of hydrogen-bond acceptors (Lipinski definition) is 2. The number of nitrogens with one attached hydrogen (secondary N) is 1. The number of hydrogen-bond donors (Lipinski definition) is 1. The number of amides is 2. The van der Waals surface area contributed by atoms with Crippen molar-refractivity contribution in [1.29, 1.82) is 0 Å². The van der Waals surface area contributed by atoms with Crippen molar-refractivity contribution in [2.45, 2.75) is 37.8 Å². The lowest BCUT2D eigenvalue weighted by molar-refractivity contribution is 0.160. The minimum Gasteiger partial charge on any atom is -0.335 e. The van der Waals surface area contributed by atoms with E-state index in [1.54, 1.807) is 19.0 Å². The van der Waals surface area contributed by atoms with E-state index in [-0.39, 0.29) is 6.03 Å². The van der Waals surface area contributed by atoms with Gasteiger partial charge in [0, 0.05) is 32.7 Å². The molecule has 2 aliphatic heterocycles. The maximum atomic E-state index is 11.5. The van der Waals surface area contributed by atoms with E-state index in [1.807, 2.05) is 0 Å². The monoisotopic (exact) mass is 211 g/mol. The van der Waals surface area contributed by atoms with Crippen LogP contribution >= 0.6 is 0 Å². The Morgan fingerprint density at radius 2 is 2.13 bits per heavy atom. The molecule has 0 aromatic heterocycles. The highest BCUT2D eigenvalue weighted by molar-refractivity contribution is 5.73. The first-order chi connectivity index (χ1) is 7.16. The molecule has 2 saturated heterocycles. The van der Waals surface area contributed by atoms with Gasteiger partial charge in [0.05, 0.1) is 0 Å². The molecule has 2 atom stereocenters. The summed E-state index contributed by atoms with van der Waals surface area (Å²) in [6.07, 6.45) is 4.89. The first-order valence-corrected chi connectivity index (χ1v) is 5.88. The van der Waals surface area contributed by atoms with Crippen molar-refractivity contribution in [3.63, 3.8) is 0 Å². The number of rotatable bonds is 1. The van der Waals surface area contributed by atoms with Gasteiger partial charge in [0.2, 0.25) is 0 Å². The van der Waals surface area contributed by atoms with E-state index in [1.165, 1.54) is 19.4 Å². The van der Waals surface area contributed by atoms with Gasteiger partial charge in [-0.25, -0.2) is 4.79 Å². The third kappa shape index (κ3) is 2.43. The van der Waals surface area contributed by atoms with E-state index in [9.17, 15) is 4.79 Å². The average molecular weight is 211 g/mol. The predicted molar refractivity (Wildman–Crippen MR) is 59.8 cm³/mol. The zero-order valence-electron chi connectivity index (χ0n) is 9.70. The van der Waals surface area contributed by atoms with Crippen LogP contribution in [0.25, 0.3) is 0 Å². The molecule has 2 amide bonds. The maximum absolute atomic E-state index is 11.5. The number of urea groups is 1. The van der Waals surface area contributed by atoms with E-state index < -0.39 is 0 Å². The van der Waals surface area contributed by atoms with E-state index in [0.717, 1.165) is 25.4 Å². The van der Waals surface area contributed by atoms with Crippen LogP contribution < -0.4 is 5.32 Å². The highest BCUT2D eigenvalue weighted by atomic mass is 16.2. The Morgan fingerprint density at radius 3 is 2.87 bits per heavy atom. The van der Waals surface area contributed by atoms with Crippen LogP contribution in [0.3, 0.4) is 0 Å². The van der Waals surface area contributed by atoms with Gasteiger partial charge in [0.25, 0.3) is 0 Å². The second-order valence-electron chi connectivity index (χ2n) is 4.90. The van der Waals surface area contributed by atoms with Crippen LogP contribution in [0.15, 0.2) is 0 Å². The molecule has 4 heteroatoms. The topological polar surface area (TPSA) is 35.6 Å². The molecule has 4 nitrogen and oxygen atoms in total. The predicted octanol–water partition coefficient (Wildman–Crippen LogP) is 0.884. The molecule has 2 unspecified atom stereocenters. The minimum absolute atomic E-state index is 0.0476. The lowest BCUT2D eigenvalue weighted by atomic mass is 9.98. The fourth-order valence-corrected chi connectivity index (χ4v) is 2.66. The number of piperidine rings is 1. The second-order valence-corrected chi connectivity index (χ2v) is 4.90. The minimum atomic E-state index is 0.0476. The molecule has 0 aliphatic carbocycles. The van der Waals surface area contributed by atoms with Crippen LogP contribution in [-0.4, -0.2) is 55.1 Å². The number of nitrogens with zero attached hydrogens (tertiary/aromatic N) is 2. The first kappa shape index (κ1) is 10.7. The van der Waals surface area contributed by atoms with E-state index >= 15 is 0 Å². The molecule has 1 N–H and O–H groups in total. The molecule has 86 valence electrons. The fourth-order valence-electron chi connectivity index (χ4n) is 2.66. The smallest absolute Gasteiger partial charge is 0.317 e. The zero-order chi connectivity index (χ0) is 10.8. The van der Waals surface area contributed by atoms with Crippen molar-refractivity contribution in [2.24, 2.45) is 0 Å². The van der Waals surface area contributed by atoms with Crippen LogP contribution in [0.5, 0.6) is 0 Å². The van der Waals surface area contributed by atoms with Gasteiger partial charge in [-0.1, -0.05) is 0 Å². The molecule has 0 aromatic rings. The van der Waals surface area contributed by atoms with Gasteiger partial charge in [0.1, 0.15) is 0 Å². The lowest BCUT2D eigenvalue weighted by Gasteiger charge is -2.35. The van der Waals surface area contributed by atoms with Crippen molar-refractivity contribution in [2.75, 3.05) is 27.2 Å². The molecule has 2 aliphatic rings. The molecule has 0 radical (unpaired) electrons. The summed E-state index contributed by atoms with van der Waals surface area (Å²) in [6, 6.07) is 1.16. The van der Waals surface area contributed by atoms with Crippen molar-refractivity contribution in [3.8, 4) is 0 Å². The largest absolute Gasteiger partial charge is 0.335 e. The van der Waals surface area contributed by atoms with Gasteiger partial charge in [-0.2, -0.15) is 0 Å². The Balaban J connectivity index is 1.82. The Bertz CT molecular complexity index is 242. The van der Waals surface area contributed by atoms with Gasteiger partial charge in [-0.3, -0.25) is 0 Å². The highest BCUT2D eigenvalue weighted by Crippen LogP contribution is 2.26. The summed E-state index contributed by atoms with van der Waals surface area (Å²) in [7, 11) is 3.58. The Labute approximate surface area is 91.6 Å². The summed E-state index contributed by atoms with van der Waals surface area (Å²) in [5.74, 6) is 0. The molecular weight excluding hydrogens is 190 g/mol. The lowest BCUT2D eigenvalue weighted by Crippen LogP contribution is -2.49. The quantitative estimate of drug-likeness (QED) is 0.699. The molecule has 0 aromatic carbocycles. The average Bonchev–Trinajstić information content (AvgIpc) is 2.64. The first-order valence-electron chi connectivity index (χ1n) is 5.88. The Hall–Kier alpha value is -0.770. The van der Waals surface area contributed by atoms with Crippen LogP contribution in [0.1, 0.15) is 25.7 Å². The summed E-state index contributed by atoms with van der Waals surface area (Å²) in [5, 5.41) is 3.09. The summed E-state index contributed by atoms with van der Waals surface area (Å²) >= 11 is 0. The molecule has 0 spiro atoms. The van der Waals surface area contributed by atoms with Crippen LogP contribution in [0.4, 0.5) is 4.79 Å². The summed E-state index contributed by atoms with van der Waals surface area (Å²) in [5.41, 5.74) is 0. The summed E-state index contributed by atoms with van der Waals surface area (Å²) in [4.78, 5) is 15.7. The highest BCUT2D eigenvalue weighted by Gasteiger charge is 2.32. The number of carbonyl (C=O) groups is 1. The van der Waals surface area contributed by atoms with Crippen LogP contribution in [0, 0.1) is 0 Å². The van der Waals surface area contributed by atoms with Crippen molar-refractivity contribution < 1.29 is 4.79 Å². The standard InChI is InChI=1S/C11H21N3O/c1-13(2)11(15)12-9-5-7-14-6-3-4-10(14)8-9/h9-10H,3-8H2,1-2H3,(H,12,15). The van der Waals surface area contributed by atoms with Crippen molar-refractivity contribution >= 4 is 6.03 Å². The zero-order valence-corrected chi connectivity index (χ0v) is 9.70. The molecule has 2 fully saturated rings. The molecular formula is C11H21N3O. The van der Waals surface area contributed by atoms with Gasteiger partial charge >= 0.3 is 6.03 Å². The second kappa shape index (κ2) is 4.39. The third-order valence-corrected chi connectivity index (χ3v) is 3.55. The third-order valence-electron chi connectivity index (χ3n) is 3.55.